The van der Waals surface area contributed by atoms with Crippen LogP contribution in [0.4, 0.5) is 11.4 Å². The Bertz CT molecular complexity index is 1110. The average Bonchev–Trinajstić information content (AvgIpc) is 3.24. The fourth-order valence-electron chi connectivity index (χ4n) is 4.44. The van der Waals surface area contributed by atoms with Gasteiger partial charge in [-0.25, -0.2) is 0 Å². The number of hydrogen-bond acceptors (Lipinski definition) is 6. The van der Waals surface area contributed by atoms with Crippen LogP contribution in [0, 0.1) is 5.92 Å². The smallest absolute Gasteiger partial charge is 0.233 e. The lowest BCUT2D eigenvalue weighted by Gasteiger charge is -2.25. The van der Waals surface area contributed by atoms with Crippen LogP contribution in [0.25, 0.3) is 0 Å². The standard InChI is InChI=1S/C26H29N3O6/c1-34-21-11-6-17(14-22(21)35-2)12-13-28-16-18(15-25(28)32)26(33)27-19-7-9-20(10-8-19)29-23(30)4-3-5-24(29)31/h6-11,14,18H,3-5,12-13,15-16H2,1-2H3,(H,27,33). The zero-order valence-corrected chi connectivity index (χ0v) is 19.9. The average molecular weight is 480 g/mol. The van der Waals surface area contributed by atoms with Gasteiger partial charge < -0.3 is 19.7 Å². The molecule has 0 saturated carbocycles. The molecule has 2 saturated heterocycles. The van der Waals surface area contributed by atoms with Crippen LogP contribution in [-0.2, 0) is 25.6 Å². The summed E-state index contributed by atoms with van der Waals surface area (Å²) in [6.07, 6.45) is 2.07. The molecule has 2 aromatic rings. The fourth-order valence-corrected chi connectivity index (χ4v) is 4.44. The number of carbonyl (C=O) groups is 4. The van der Waals surface area contributed by atoms with Crippen LogP contribution in [0.5, 0.6) is 11.5 Å². The van der Waals surface area contributed by atoms with Crippen LogP contribution >= 0.6 is 0 Å². The quantitative estimate of drug-likeness (QED) is 0.584. The van der Waals surface area contributed by atoms with E-state index in [2.05, 4.69) is 5.32 Å². The molecule has 1 N–H and O–H groups in total. The number of amides is 4. The summed E-state index contributed by atoms with van der Waals surface area (Å²) < 4.78 is 10.6. The lowest BCUT2D eigenvalue weighted by molar-refractivity contribution is -0.129. The van der Waals surface area contributed by atoms with E-state index in [0.717, 1.165) is 5.56 Å². The van der Waals surface area contributed by atoms with Gasteiger partial charge >= 0.3 is 0 Å². The van der Waals surface area contributed by atoms with Gasteiger partial charge in [0, 0.05) is 38.0 Å². The molecule has 9 heteroatoms. The first-order valence-corrected chi connectivity index (χ1v) is 11.6. The molecule has 0 bridgehead atoms. The van der Waals surface area contributed by atoms with Gasteiger partial charge in [0.05, 0.1) is 25.8 Å². The van der Waals surface area contributed by atoms with E-state index in [4.69, 9.17) is 9.47 Å². The van der Waals surface area contributed by atoms with Crippen LogP contribution in [0.1, 0.15) is 31.2 Å². The Morgan fingerprint density at radius 2 is 1.63 bits per heavy atom. The van der Waals surface area contributed by atoms with Crippen molar-refractivity contribution in [3.05, 3.63) is 48.0 Å². The van der Waals surface area contributed by atoms with Gasteiger partial charge in [0.2, 0.25) is 23.6 Å². The molecule has 35 heavy (non-hydrogen) atoms. The van der Waals surface area contributed by atoms with Gasteiger partial charge in [0.15, 0.2) is 11.5 Å². The summed E-state index contributed by atoms with van der Waals surface area (Å²) in [5.74, 6) is 0.125. The van der Waals surface area contributed by atoms with E-state index >= 15 is 0 Å². The highest BCUT2D eigenvalue weighted by atomic mass is 16.5. The van der Waals surface area contributed by atoms with Crippen molar-refractivity contribution in [1.29, 1.82) is 0 Å². The Balaban J connectivity index is 1.32. The number of nitrogens with zero attached hydrogens (tertiary/aromatic N) is 2. The highest BCUT2D eigenvalue weighted by molar-refractivity contribution is 6.16. The third-order valence-electron chi connectivity index (χ3n) is 6.38. The van der Waals surface area contributed by atoms with Crippen molar-refractivity contribution in [3.8, 4) is 11.5 Å². The Morgan fingerprint density at radius 3 is 2.29 bits per heavy atom. The highest BCUT2D eigenvalue weighted by Gasteiger charge is 2.34. The molecular formula is C26H29N3O6. The third-order valence-corrected chi connectivity index (χ3v) is 6.38. The number of imide groups is 1. The minimum atomic E-state index is -0.446. The zero-order valence-electron chi connectivity index (χ0n) is 19.9. The Kier molecular flexibility index (Phi) is 7.33. The van der Waals surface area contributed by atoms with E-state index in [-0.39, 0.29) is 30.0 Å². The maximum Gasteiger partial charge on any atom is 0.233 e. The highest BCUT2D eigenvalue weighted by Crippen LogP contribution is 2.29. The number of benzene rings is 2. The molecule has 2 aromatic carbocycles. The maximum absolute atomic E-state index is 12.8. The Labute approximate surface area is 204 Å². The zero-order chi connectivity index (χ0) is 24.9. The van der Waals surface area contributed by atoms with Crippen LogP contribution in [0.15, 0.2) is 42.5 Å². The summed E-state index contributed by atoms with van der Waals surface area (Å²) in [6.45, 7) is 0.859. The number of methoxy groups -OCH3 is 2. The summed E-state index contributed by atoms with van der Waals surface area (Å²) >= 11 is 0. The maximum atomic E-state index is 12.8. The van der Waals surface area contributed by atoms with Crippen molar-refractivity contribution in [2.75, 3.05) is 37.5 Å². The minimum absolute atomic E-state index is 0.0527. The Hall–Kier alpha value is -3.88. The molecular weight excluding hydrogens is 450 g/mol. The molecule has 184 valence electrons. The molecule has 2 aliphatic heterocycles. The summed E-state index contributed by atoms with van der Waals surface area (Å²) in [5, 5.41) is 2.84. The lowest BCUT2D eigenvalue weighted by atomic mass is 10.1. The van der Waals surface area contributed by atoms with Crippen molar-refractivity contribution in [2.24, 2.45) is 5.92 Å². The number of piperidine rings is 1. The normalized spacial score (nSPS) is 18.1. The predicted molar refractivity (Wildman–Crippen MR) is 129 cm³/mol. The van der Waals surface area contributed by atoms with Crippen molar-refractivity contribution >= 4 is 35.0 Å². The largest absolute Gasteiger partial charge is 0.493 e. The number of carbonyl (C=O) groups excluding carboxylic acids is 4. The predicted octanol–water partition coefficient (Wildman–Crippen LogP) is 2.78. The number of nitrogens with one attached hydrogen (secondary N) is 1. The van der Waals surface area contributed by atoms with Crippen molar-refractivity contribution < 1.29 is 28.7 Å². The number of rotatable bonds is 8. The van der Waals surface area contributed by atoms with Crippen LogP contribution in [0.2, 0.25) is 0 Å². The number of likely N-dealkylation sites (tertiary alicyclic amines) is 1. The molecule has 2 aliphatic rings. The van der Waals surface area contributed by atoms with Gasteiger partial charge in [0.1, 0.15) is 0 Å². The van der Waals surface area contributed by atoms with Gasteiger partial charge in [-0.05, 0) is 54.8 Å². The second-order valence-corrected chi connectivity index (χ2v) is 8.69. The molecule has 0 radical (unpaired) electrons. The lowest BCUT2D eigenvalue weighted by Crippen LogP contribution is -2.40. The molecule has 2 heterocycles. The minimum Gasteiger partial charge on any atom is -0.493 e. The van der Waals surface area contributed by atoms with E-state index in [1.165, 1.54) is 4.90 Å². The van der Waals surface area contributed by atoms with Gasteiger partial charge in [-0.3, -0.25) is 24.1 Å². The second kappa shape index (κ2) is 10.6. The number of hydrogen-bond donors (Lipinski definition) is 1. The van der Waals surface area contributed by atoms with E-state index in [0.29, 0.717) is 61.6 Å². The molecule has 1 atom stereocenters. The fraction of sp³-hybridized carbons (Fsp3) is 0.385. The number of ether oxygens (including phenoxy) is 2. The Morgan fingerprint density at radius 1 is 0.943 bits per heavy atom. The van der Waals surface area contributed by atoms with Crippen molar-refractivity contribution in [2.45, 2.75) is 32.1 Å². The van der Waals surface area contributed by atoms with E-state index < -0.39 is 5.92 Å². The molecule has 1 unspecified atom stereocenters. The first kappa shape index (κ1) is 24.3. The van der Waals surface area contributed by atoms with Crippen LogP contribution in [-0.4, -0.2) is 55.8 Å². The summed E-state index contributed by atoms with van der Waals surface area (Å²) in [6, 6.07) is 12.3. The SMILES string of the molecule is COc1ccc(CCN2CC(C(=O)Nc3ccc(N4C(=O)CCCC4=O)cc3)CC2=O)cc1OC. The van der Waals surface area contributed by atoms with Gasteiger partial charge in [-0.15, -0.1) is 0 Å². The van der Waals surface area contributed by atoms with Gasteiger partial charge in [0.25, 0.3) is 0 Å². The summed E-state index contributed by atoms with van der Waals surface area (Å²) in [7, 11) is 3.16. The molecule has 9 nitrogen and oxygen atoms in total. The van der Waals surface area contributed by atoms with Crippen molar-refractivity contribution in [3.63, 3.8) is 0 Å². The first-order valence-electron chi connectivity index (χ1n) is 11.6. The summed E-state index contributed by atoms with van der Waals surface area (Å²) in [4.78, 5) is 52.4. The molecule has 0 aromatic heterocycles. The van der Waals surface area contributed by atoms with Gasteiger partial charge in [-0.1, -0.05) is 6.07 Å². The van der Waals surface area contributed by atoms with E-state index in [9.17, 15) is 19.2 Å². The molecule has 0 spiro atoms. The number of anilines is 2. The summed E-state index contributed by atoms with van der Waals surface area (Å²) in [5.41, 5.74) is 2.05. The molecule has 0 aliphatic carbocycles. The van der Waals surface area contributed by atoms with Crippen LogP contribution < -0.4 is 19.7 Å². The second-order valence-electron chi connectivity index (χ2n) is 8.69. The monoisotopic (exact) mass is 479 g/mol. The third kappa shape index (κ3) is 5.45. The molecule has 4 rings (SSSR count). The van der Waals surface area contributed by atoms with E-state index in [1.807, 2.05) is 18.2 Å². The van der Waals surface area contributed by atoms with E-state index in [1.54, 1.807) is 43.4 Å². The first-order chi connectivity index (χ1) is 16.9. The molecule has 2 fully saturated rings. The van der Waals surface area contributed by atoms with Crippen LogP contribution in [0.3, 0.4) is 0 Å². The topological polar surface area (TPSA) is 105 Å². The van der Waals surface area contributed by atoms with Gasteiger partial charge in [-0.2, -0.15) is 0 Å². The molecule has 4 amide bonds. The van der Waals surface area contributed by atoms with Crippen molar-refractivity contribution in [1.82, 2.24) is 4.90 Å².